The van der Waals surface area contributed by atoms with Gasteiger partial charge in [-0.05, 0) is 53.1 Å². The van der Waals surface area contributed by atoms with Gasteiger partial charge in [0.05, 0.1) is 12.1 Å². The van der Waals surface area contributed by atoms with Crippen LogP contribution in [-0.4, -0.2) is 12.1 Å². The van der Waals surface area contributed by atoms with Gasteiger partial charge in [-0.15, -0.1) is 12.4 Å². The molecule has 0 aliphatic rings. The van der Waals surface area contributed by atoms with Crippen LogP contribution < -0.4 is 14.8 Å². The standard InChI is InChI=1S/C21H20Cl2N2O2.ClH/c1-26-20-11-17(13-25-12-15-6-8-24-9-7-15)10-19(23)21(20)27-14-16-2-4-18(22)5-3-16;/h2-11,25H,12-14H2,1H3;1H. The van der Waals surface area contributed by atoms with Crippen molar-refractivity contribution in [2.24, 2.45) is 0 Å². The maximum absolute atomic E-state index is 6.44. The summed E-state index contributed by atoms with van der Waals surface area (Å²) in [6.07, 6.45) is 3.56. The molecular formula is C21H21Cl3N2O2. The van der Waals surface area contributed by atoms with Gasteiger partial charge in [0, 0.05) is 30.5 Å². The van der Waals surface area contributed by atoms with Crippen LogP contribution in [0.1, 0.15) is 16.7 Å². The normalized spacial score (nSPS) is 10.2. The molecule has 0 aliphatic heterocycles. The molecule has 7 heteroatoms. The maximum atomic E-state index is 6.44. The van der Waals surface area contributed by atoms with Crippen molar-refractivity contribution in [2.45, 2.75) is 19.7 Å². The molecule has 0 spiro atoms. The molecule has 1 N–H and O–H groups in total. The summed E-state index contributed by atoms with van der Waals surface area (Å²) < 4.78 is 11.4. The predicted octanol–water partition coefficient (Wildman–Crippen LogP) is 5.69. The minimum atomic E-state index is 0. The van der Waals surface area contributed by atoms with Crippen molar-refractivity contribution in [3.8, 4) is 11.5 Å². The van der Waals surface area contributed by atoms with E-state index in [0.29, 0.717) is 34.7 Å². The molecule has 148 valence electrons. The molecule has 0 saturated heterocycles. The quantitative estimate of drug-likeness (QED) is 0.490. The van der Waals surface area contributed by atoms with Gasteiger partial charge in [0.15, 0.2) is 11.5 Å². The highest BCUT2D eigenvalue weighted by atomic mass is 35.5. The Morgan fingerprint density at radius 1 is 0.893 bits per heavy atom. The first-order valence-corrected chi connectivity index (χ1v) is 9.24. The van der Waals surface area contributed by atoms with E-state index >= 15 is 0 Å². The van der Waals surface area contributed by atoms with Gasteiger partial charge in [0.25, 0.3) is 0 Å². The Morgan fingerprint density at radius 3 is 2.25 bits per heavy atom. The Kier molecular flexibility index (Phi) is 8.87. The van der Waals surface area contributed by atoms with E-state index in [2.05, 4.69) is 10.3 Å². The Labute approximate surface area is 181 Å². The molecule has 4 nitrogen and oxygen atoms in total. The van der Waals surface area contributed by atoms with Crippen molar-refractivity contribution >= 4 is 35.6 Å². The molecule has 3 rings (SSSR count). The first kappa shape index (κ1) is 22.3. The third-order valence-corrected chi connectivity index (χ3v) is 4.53. The number of benzene rings is 2. The zero-order valence-corrected chi connectivity index (χ0v) is 17.7. The number of pyridine rings is 1. The fourth-order valence-electron chi connectivity index (χ4n) is 2.60. The summed E-state index contributed by atoms with van der Waals surface area (Å²) >= 11 is 12.3. The van der Waals surface area contributed by atoms with Crippen LogP contribution >= 0.6 is 35.6 Å². The maximum Gasteiger partial charge on any atom is 0.180 e. The smallest absolute Gasteiger partial charge is 0.180 e. The van der Waals surface area contributed by atoms with Crippen LogP contribution in [0.2, 0.25) is 10.0 Å². The fraction of sp³-hybridized carbons (Fsp3) is 0.190. The van der Waals surface area contributed by atoms with Crippen LogP contribution in [0.4, 0.5) is 0 Å². The number of halogens is 3. The van der Waals surface area contributed by atoms with E-state index in [4.69, 9.17) is 32.7 Å². The number of nitrogens with one attached hydrogen (secondary N) is 1. The third-order valence-electron chi connectivity index (χ3n) is 3.99. The lowest BCUT2D eigenvalue weighted by Crippen LogP contribution is -2.13. The highest BCUT2D eigenvalue weighted by molar-refractivity contribution is 6.32. The summed E-state index contributed by atoms with van der Waals surface area (Å²) in [5.41, 5.74) is 3.19. The minimum absolute atomic E-state index is 0. The fourth-order valence-corrected chi connectivity index (χ4v) is 3.02. The molecule has 0 fully saturated rings. The zero-order valence-electron chi connectivity index (χ0n) is 15.3. The third kappa shape index (κ3) is 6.28. The van der Waals surface area contributed by atoms with E-state index in [1.807, 2.05) is 48.5 Å². The number of rotatable bonds is 8. The summed E-state index contributed by atoms with van der Waals surface area (Å²) in [5.74, 6) is 1.14. The van der Waals surface area contributed by atoms with Crippen LogP contribution in [0.3, 0.4) is 0 Å². The van der Waals surface area contributed by atoms with E-state index in [1.54, 1.807) is 19.5 Å². The molecule has 0 saturated carbocycles. The Balaban J connectivity index is 0.00000280. The van der Waals surface area contributed by atoms with Gasteiger partial charge in [0.1, 0.15) is 6.61 Å². The van der Waals surface area contributed by atoms with Gasteiger partial charge in [0.2, 0.25) is 0 Å². The number of methoxy groups -OCH3 is 1. The second-order valence-electron chi connectivity index (χ2n) is 5.98. The lowest BCUT2D eigenvalue weighted by Gasteiger charge is -2.15. The van der Waals surface area contributed by atoms with Crippen molar-refractivity contribution in [1.29, 1.82) is 0 Å². The summed E-state index contributed by atoms with van der Waals surface area (Å²) in [6.45, 7) is 1.79. The molecule has 3 aromatic rings. The van der Waals surface area contributed by atoms with Gasteiger partial charge >= 0.3 is 0 Å². The molecule has 0 atom stereocenters. The predicted molar refractivity (Wildman–Crippen MR) is 116 cm³/mol. The molecular weight excluding hydrogens is 419 g/mol. The van der Waals surface area contributed by atoms with Crippen molar-refractivity contribution in [3.63, 3.8) is 0 Å². The Hall–Kier alpha value is -1.98. The van der Waals surface area contributed by atoms with Crippen molar-refractivity contribution in [2.75, 3.05) is 7.11 Å². The van der Waals surface area contributed by atoms with Crippen molar-refractivity contribution < 1.29 is 9.47 Å². The minimum Gasteiger partial charge on any atom is -0.493 e. The van der Waals surface area contributed by atoms with Gasteiger partial charge in [-0.2, -0.15) is 0 Å². The van der Waals surface area contributed by atoms with Crippen LogP contribution in [-0.2, 0) is 19.7 Å². The SMILES string of the molecule is COc1cc(CNCc2ccncc2)cc(Cl)c1OCc1ccc(Cl)cc1.Cl. The van der Waals surface area contributed by atoms with E-state index in [1.165, 1.54) is 5.56 Å². The van der Waals surface area contributed by atoms with Crippen molar-refractivity contribution in [3.05, 3.63) is 87.7 Å². The first-order valence-electron chi connectivity index (χ1n) is 8.49. The van der Waals surface area contributed by atoms with Gasteiger partial charge < -0.3 is 14.8 Å². The number of ether oxygens (including phenoxy) is 2. The summed E-state index contributed by atoms with van der Waals surface area (Å²) in [6, 6.07) is 15.3. The average Bonchev–Trinajstić information content (AvgIpc) is 2.69. The second kappa shape index (κ2) is 11.1. The van der Waals surface area contributed by atoms with Crippen LogP contribution in [0.15, 0.2) is 60.9 Å². The molecule has 2 aromatic carbocycles. The number of hydrogen-bond acceptors (Lipinski definition) is 4. The molecule has 0 amide bonds. The Bertz CT molecular complexity index is 875. The molecule has 0 radical (unpaired) electrons. The molecule has 28 heavy (non-hydrogen) atoms. The van der Waals surface area contributed by atoms with E-state index in [0.717, 1.165) is 17.7 Å². The highest BCUT2D eigenvalue weighted by Crippen LogP contribution is 2.37. The second-order valence-corrected chi connectivity index (χ2v) is 6.83. The lowest BCUT2D eigenvalue weighted by molar-refractivity contribution is 0.284. The van der Waals surface area contributed by atoms with Gasteiger partial charge in [-0.25, -0.2) is 0 Å². The number of hydrogen-bond donors (Lipinski definition) is 1. The Morgan fingerprint density at radius 2 is 1.57 bits per heavy atom. The van der Waals surface area contributed by atoms with Crippen molar-refractivity contribution in [1.82, 2.24) is 10.3 Å². The van der Waals surface area contributed by atoms with E-state index in [9.17, 15) is 0 Å². The van der Waals surface area contributed by atoms with Gasteiger partial charge in [-0.1, -0.05) is 35.3 Å². The number of aromatic nitrogens is 1. The van der Waals surface area contributed by atoms with Crippen LogP contribution in [0.5, 0.6) is 11.5 Å². The van der Waals surface area contributed by atoms with Crippen LogP contribution in [0.25, 0.3) is 0 Å². The largest absolute Gasteiger partial charge is 0.493 e. The topological polar surface area (TPSA) is 43.4 Å². The highest BCUT2D eigenvalue weighted by Gasteiger charge is 2.12. The van der Waals surface area contributed by atoms with Crippen LogP contribution in [0, 0.1) is 0 Å². The zero-order chi connectivity index (χ0) is 19.1. The average molecular weight is 440 g/mol. The molecule has 1 aromatic heterocycles. The van der Waals surface area contributed by atoms with E-state index in [-0.39, 0.29) is 12.4 Å². The summed E-state index contributed by atoms with van der Waals surface area (Å²) in [4.78, 5) is 4.02. The molecule has 0 aliphatic carbocycles. The molecule has 0 unspecified atom stereocenters. The summed E-state index contributed by atoms with van der Waals surface area (Å²) in [7, 11) is 1.61. The van der Waals surface area contributed by atoms with Gasteiger partial charge in [-0.3, -0.25) is 4.98 Å². The monoisotopic (exact) mass is 438 g/mol. The lowest BCUT2D eigenvalue weighted by atomic mass is 10.2. The molecule has 1 heterocycles. The van der Waals surface area contributed by atoms with E-state index < -0.39 is 0 Å². The summed E-state index contributed by atoms with van der Waals surface area (Å²) in [5, 5.41) is 4.59. The first-order chi connectivity index (χ1) is 13.2. The molecule has 0 bridgehead atoms. The number of nitrogens with zero attached hydrogens (tertiary/aromatic N) is 1.